The largest absolute Gasteiger partial charge is 0.481 e. The van der Waals surface area contributed by atoms with Crippen LogP contribution in [-0.4, -0.2) is 35.1 Å². The molecule has 0 radical (unpaired) electrons. The zero-order chi connectivity index (χ0) is 13.8. The number of rotatable bonds is 6. The SMILES string of the molecule is CNC(=O)c1cc(NC(CC(=O)O)C2CC2)ccn1. The number of carbonyl (C=O) groups is 2. The van der Waals surface area contributed by atoms with Gasteiger partial charge in [-0.15, -0.1) is 0 Å². The second-order valence-electron chi connectivity index (χ2n) is 4.70. The highest BCUT2D eigenvalue weighted by Crippen LogP contribution is 2.35. The molecule has 6 heteroatoms. The van der Waals surface area contributed by atoms with E-state index in [4.69, 9.17) is 5.11 Å². The van der Waals surface area contributed by atoms with Crippen LogP contribution in [0.4, 0.5) is 5.69 Å². The fraction of sp³-hybridized carbons (Fsp3) is 0.462. The van der Waals surface area contributed by atoms with Crippen LogP contribution < -0.4 is 10.6 Å². The van der Waals surface area contributed by atoms with Gasteiger partial charge in [-0.1, -0.05) is 0 Å². The minimum atomic E-state index is -0.815. The molecule has 1 atom stereocenters. The Bertz CT molecular complexity index is 486. The molecule has 1 saturated carbocycles. The smallest absolute Gasteiger partial charge is 0.305 e. The van der Waals surface area contributed by atoms with Crippen molar-refractivity contribution in [3.63, 3.8) is 0 Å². The Morgan fingerprint density at radius 1 is 1.53 bits per heavy atom. The molecule has 0 aromatic carbocycles. The van der Waals surface area contributed by atoms with Gasteiger partial charge >= 0.3 is 5.97 Å². The number of anilines is 1. The predicted octanol–water partition coefficient (Wildman–Crippen LogP) is 1.11. The van der Waals surface area contributed by atoms with Gasteiger partial charge in [-0.05, 0) is 30.9 Å². The van der Waals surface area contributed by atoms with E-state index in [1.54, 1.807) is 19.2 Å². The summed E-state index contributed by atoms with van der Waals surface area (Å²) in [5.74, 6) is -0.664. The minimum absolute atomic E-state index is 0.0856. The number of hydrogen-bond donors (Lipinski definition) is 3. The lowest BCUT2D eigenvalue weighted by atomic mass is 10.1. The van der Waals surface area contributed by atoms with E-state index in [9.17, 15) is 9.59 Å². The van der Waals surface area contributed by atoms with Crippen LogP contribution in [0.3, 0.4) is 0 Å². The van der Waals surface area contributed by atoms with Gasteiger partial charge in [0.2, 0.25) is 0 Å². The highest BCUT2D eigenvalue weighted by Gasteiger charge is 2.32. The van der Waals surface area contributed by atoms with Crippen molar-refractivity contribution in [1.29, 1.82) is 0 Å². The maximum atomic E-state index is 11.5. The molecule has 1 amide bonds. The van der Waals surface area contributed by atoms with Gasteiger partial charge in [0.05, 0.1) is 6.42 Å². The van der Waals surface area contributed by atoms with Crippen molar-refractivity contribution >= 4 is 17.6 Å². The molecule has 102 valence electrons. The molecule has 3 N–H and O–H groups in total. The zero-order valence-electron chi connectivity index (χ0n) is 10.7. The van der Waals surface area contributed by atoms with Crippen LogP contribution in [0.15, 0.2) is 18.3 Å². The van der Waals surface area contributed by atoms with Crippen LogP contribution in [-0.2, 0) is 4.79 Å². The third-order valence-corrected chi connectivity index (χ3v) is 3.16. The molecular weight excluding hydrogens is 246 g/mol. The number of aliphatic carboxylic acids is 1. The predicted molar refractivity (Wildman–Crippen MR) is 70.0 cm³/mol. The van der Waals surface area contributed by atoms with E-state index in [0.717, 1.165) is 18.5 Å². The summed E-state index contributed by atoms with van der Waals surface area (Å²) in [4.78, 5) is 26.3. The van der Waals surface area contributed by atoms with Gasteiger partial charge in [0.1, 0.15) is 5.69 Å². The molecule has 1 aromatic rings. The number of carboxylic acid groups (broad SMARTS) is 1. The Morgan fingerprint density at radius 3 is 2.84 bits per heavy atom. The number of nitrogens with zero attached hydrogens (tertiary/aromatic N) is 1. The fourth-order valence-corrected chi connectivity index (χ4v) is 2.01. The normalized spacial score (nSPS) is 15.6. The molecule has 6 nitrogen and oxygen atoms in total. The van der Waals surface area contributed by atoms with Crippen molar-refractivity contribution in [3.8, 4) is 0 Å². The molecule has 0 saturated heterocycles. The number of hydrogen-bond acceptors (Lipinski definition) is 4. The monoisotopic (exact) mass is 263 g/mol. The molecule has 1 heterocycles. The van der Waals surface area contributed by atoms with Gasteiger partial charge in [0.15, 0.2) is 0 Å². The van der Waals surface area contributed by atoms with E-state index in [0.29, 0.717) is 11.6 Å². The molecule has 1 aliphatic rings. The van der Waals surface area contributed by atoms with Crippen LogP contribution in [0.25, 0.3) is 0 Å². The first-order valence-electron chi connectivity index (χ1n) is 6.26. The lowest BCUT2D eigenvalue weighted by molar-refractivity contribution is -0.137. The molecule has 0 aliphatic heterocycles. The minimum Gasteiger partial charge on any atom is -0.481 e. The highest BCUT2D eigenvalue weighted by atomic mass is 16.4. The average Bonchev–Trinajstić information content (AvgIpc) is 3.21. The van der Waals surface area contributed by atoms with Gasteiger partial charge in [-0.25, -0.2) is 0 Å². The number of carbonyl (C=O) groups excluding carboxylic acids is 1. The summed E-state index contributed by atoms with van der Waals surface area (Å²) in [6.45, 7) is 0. The first-order valence-corrected chi connectivity index (χ1v) is 6.26. The molecular formula is C13H17N3O3. The van der Waals surface area contributed by atoms with Crippen LogP contribution in [0.1, 0.15) is 29.8 Å². The van der Waals surface area contributed by atoms with Gasteiger partial charge in [0, 0.05) is 25.0 Å². The molecule has 1 unspecified atom stereocenters. The zero-order valence-corrected chi connectivity index (χ0v) is 10.7. The van der Waals surface area contributed by atoms with Crippen LogP contribution in [0, 0.1) is 5.92 Å². The van der Waals surface area contributed by atoms with E-state index < -0.39 is 5.97 Å². The molecule has 0 bridgehead atoms. The molecule has 1 fully saturated rings. The Hall–Kier alpha value is -2.11. The summed E-state index contributed by atoms with van der Waals surface area (Å²) in [5, 5.41) is 14.6. The van der Waals surface area contributed by atoms with E-state index in [1.165, 1.54) is 6.20 Å². The van der Waals surface area contributed by atoms with Crippen LogP contribution in [0.2, 0.25) is 0 Å². The lowest BCUT2D eigenvalue weighted by Gasteiger charge is -2.17. The Balaban J connectivity index is 2.08. The van der Waals surface area contributed by atoms with Gasteiger partial charge < -0.3 is 15.7 Å². The summed E-state index contributed by atoms with van der Waals surface area (Å²) in [6, 6.07) is 3.29. The third-order valence-electron chi connectivity index (χ3n) is 3.16. The molecule has 0 spiro atoms. The Kier molecular flexibility index (Phi) is 3.99. The third kappa shape index (κ3) is 3.67. The summed E-state index contributed by atoms with van der Waals surface area (Å²) in [7, 11) is 1.54. The van der Waals surface area contributed by atoms with Crippen molar-refractivity contribution in [2.45, 2.75) is 25.3 Å². The van der Waals surface area contributed by atoms with Crippen LogP contribution >= 0.6 is 0 Å². The standard InChI is InChI=1S/C13H17N3O3/c1-14-13(19)11-6-9(4-5-15-11)16-10(7-12(17)18)8-2-3-8/h4-6,8,10H,2-3,7H2,1H3,(H,14,19)(H,15,16)(H,17,18). The fourth-order valence-electron chi connectivity index (χ4n) is 2.01. The molecule has 2 rings (SSSR count). The van der Waals surface area contributed by atoms with Gasteiger partial charge in [-0.3, -0.25) is 14.6 Å². The highest BCUT2D eigenvalue weighted by molar-refractivity contribution is 5.92. The Morgan fingerprint density at radius 2 is 2.26 bits per heavy atom. The summed E-state index contributed by atoms with van der Waals surface area (Å²) >= 11 is 0. The van der Waals surface area contributed by atoms with Crippen molar-refractivity contribution in [1.82, 2.24) is 10.3 Å². The number of aromatic nitrogens is 1. The Labute approximate surface area is 111 Å². The van der Waals surface area contributed by atoms with Crippen molar-refractivity contribution in [2.75, 3.05) is 12.4 Å². The second kappa shape index (κ2) is 5.69. The molecule has 1 aromatic heterocycles. The molecule has 19 heavy (non-hydrogen) atoms. The van der Waals surface area contributed by atoms with Gasteiger partial charge in [0.25, 0.3) is 5.91 Å². The quantitative estimate of drug-likeness (QED) is 0.715. The van der Waals surface area contributed by atoms with Crippen LogP contribution in [0.5, 0.6) is 0 Å². The number of carboxylic acids is 1. The number of nitrogens with one attached hydrogen (secondary N) is 2. The summed E-state index contributed by atoms with van der Waals surface area (Å²) < 4.78 is 0. The summed E-state index contributed by atoms with van der Waals surface area (Å²) in [6.07, 6.45) is 3.73. The van der Waals surface area contributed by atoms with Crippen molar-refractivity contribution in [2.24, 2.45) is 5.92 Å². The first-order chi connectivity index (χ1) is 9.10. The average molecular weight is 263 g/mol. The lowest BCUT2D eigenvalue weighted by Crippen LogP contribution is -2.26. The number of amides is 1. The molecule has 1 aliphatic carbocycles. The summed E-state index contributed by atoms with van der Waals surface area (Å²) in [5.41, 5.74) is 1.05. The van der Waals surface area contributed by atoms with Crippen molar-refractivity contribution in [3.05, 3.63) is 24.0 Å². The maximum Gasteiger partial charge on any atom is 0.305 e. The van der Waals surface area contributed by atoms with Gasteiger partial charge in [-0.2, -0.15) is 0 Å². The first kappa shape index (κ1) is 13.3. The van der Waals surface area contributed by atoms with Crippen molar-refractivity contribution < 1.29 is 14.7 Å². The topological polar surface area (TPSA) is 91.3 Å². The number of pyridine rings is 1. The van der Waals surface area contributed by atoms with E-state index in [2.05, 4.69) is 15.6 Å². The second-order valence-corrected chi connectivity index (χ2v) is 4.70. The maximum absolute atomic E-state index is 11.5. The van der Waals surface area contributed by atoms with E-state index >= 15 is 0 Å². The van der Waals surface area contributed by atoms with E-state index in [-0.39, 0.29) is 18.4 Å². The van der Waals surface area contributed by atoms with E-state index in [1.807, 2.05) is 0 Å².